The van der Waals surface area contributed by atoms with E-state index in [2.05, 4.69) is 0 Å². The minimum Gasteiger partial charge on any atom is -0.491 e. The molecule has 0 amide bonds. The number of ether oxygens (including phenoxy) is 2. The molecule has 0 radical (unpaired) electrons. The summed E-state index contributed by atoms with van der Waals surface area (Å²) in [5.74, 6) is 1.34. The number of hydrogen-bond donors (Lipinski definition) is 1. The second-order valence-electron chi connectivity index (χ2n) is 4.19. The van der Waals surface area contributed by atoms with Crippen molar-refractivity contribution in [2.45, 2.75) is 13.0 Å². The van der Waals surface area contributed by atoms with E-state index in [0.29, 0.717) is 17.2 Å². The van der Waals surface area contributed by atoms with Gasteiger partial charge in [0, 0.05) is 6.07 Å². The van der Waals surface area contributed by atoms with E-state index in [1.807, 2.05) is 0 Å². The number of benzene rings is 2. The van der Waals surface area contributed by atoms with Gasteiger partial charge in [0.2, 0.25) is 0 Å². The van der Waals surface area contributed by atoms with Crippen molar-refractivity contribution in [2.24, 2.45) is 0 Å². The third-order valence-electron chi connectivity index (χ3n) is 2.35. The molecule has 0 aliphatic heterocycles. The van der Waals surface area contributed by atoms with Crippen molar-refractivity contribution in [1.29, 1.82) is 0 Å². The quantitative estimate of drug-likeness (QED) is 0.897. The Morgan fingerprint density at radius 2 is 1.74 bits per heavy atom. The van der Waals surface area contributed by atoms with E-state index < -0.39 is 6.10 Å². The van der Waals surface area contributed by atoms with Crippen molar-refractivity contribution in [3.63, 3.8) is 0 Å². The number of aliphatic hydroxyl groups is 1. The van der Waals surface area contributed by atoms with Crippen LogP contribution in [0.25, 0.3) is 0 Å². The second-order valence-corrected chi connectivity index (χ2v) is 4.19. The molecule has 0 bridgehead atoms. The summed E-state index contributed by atoms with van der Waals surface area (Å²) in [6, 6.07) is 12.9. The van der Waals surface area contributed by atoms with E-state index in [0.717, 1.165) is 0 Å². The van der Waals surface area contributed by atoms with Crippen LogP contribution in [0.15, 0.2) is 48.5 Å². The second kappa shape index (κ2) is 6.20. The molecule has 0 aliphatic carbocycles. The summed E-state index contributed by atoms with van der Waals surface area (Å²) in [7, 11) is 0. The van der Waals surface area contributed by atoms with Gasteiger partial charge in [-0.25, -0.2) is 4.39 Å². The lowest BCUT2D eigenvalue weighted by atomic mass is 10.3. The molecular weight excluding hydrogens is 247 g/mol. The summed E-state index contributed by atoms with van der Waals surface area (Å²) < 4.78 is 23.8. The third-order valence-corrected chi connectivity index (χ3v) is 2.35. The molecule has 1 unspecified atom stereocenters. The minimum absolute atomic E-state index is 0.240. The number of aliphatic hydroxyl groups excluding tert-OH is 1. The van der Waals surface area contributed by atoms with Crippen LogP contribution in [0.1, 0.15) is 6.92 Å². The van der Waals surface area contributed by atoms with Crippen LogP contribution in [0.5, 0.6) is 17.2 Å². The zero-order valence-corrected chi connectivity index (χ0v) is 10.5. The molecule has 1 atom stereocenters. The summed E-state index contributed by atoms with van der Waals surface area (Å²) in [4.78, 5) is 0. The standard InChI is InChI=1S/C15H15FO3/c1-11(17)10-18-13-5-7-14(8-6-13)19-15-4-2-3-12(16)9-15/h2-9,11,17H,10H2,1H3. The first kappa shape index (κ1) is 13.4. The van der Waals surface area contributed by atoms with Gasteiger partial charge in [0.25, 0.3) is 0 Å². The zero-order valence-electron chi connectivity index (χ0n) is 10.5. The summed E-state index contributed by atoms with van der Waals surface area (Å²) >= 11 is 0. The molecule has 0 aliphatic rings. The Hall–Kier alpha value is -2.07. The van der Waals surface area contributed by atoms with Crippen LogP contribution >= 0.6 is 0 Å². The highest BCUT2D eigenvalue weighted by atomic mass is 19.1. The maximum Gasteiger partial charge on any atom is 0.130 e. The van der Waals surface area contributed by atoms with Gasteiger partial charge in [0.05, 0.1) is 6.10 Å². The molecule has 3 nitrogen and oxygen atoms in total. The van der Waals surface area contributed by atoms with Gasteiger partial charge in [0.1, 0.15) is 29.7 Å². The van der Waals surface area contributed by atoms with Gasteiger partial charge in [-0.05, 0) is 43.3 Å². The van der Waals surface area contributed by atoms with Crippen LogP contribution in [0.3, 0.4) is 0 Å². The Labute approximate surface area is 111 Å². The lowest BCUT2D eigenvalue weighted by Crippen LogP contribution is -2.12. The van der Waals surface area contributed by atoms with Crippen molar-refractivity contribution in [1.82, 2.24) is 0 Å². The van der Waals surface area contributed by atoms with E-state index in [4.69, 9.17) is 14.6 Å². The van der Waals surface area contributed by atoms with Gasteiger partial charge in [-0.2, -0.15) is 0 Å². The van der Waals surface area contributed by atoms with Crippen molar-refractivity contribution >= 4 is 0 Å². The lowest BCUT2D eigenvalue weighted by Gasteiger charge is -2.09. The SMILES string of the molecule is CC(O)COc1ccc(Oc2cccc(F)c2)cc1. The molecule has 0 heterocycles. The monoisotopic (exact) mass is 262 g/mol. The Morgan fingerprint density at radius 3 is 2.37 bits per heavy atom. The van der Waals surface area contributed by atoms with Gasteiger partial charge < -0.3 is 14.6 Å². The van der Waals surface area contributed by atoms with Crippen molar-refractivity contribution in [3.8, 4) is 17.2 Å². The van der Waals surface area contributed by atoms with Crippen LogP contribution in [0.2, 0.25) is 0 Å². The minimum atomic E-state index is -0.511. The lowest BCUT2D eigenvalue weighted by molar-refractivity contribution is 0.122. The first-order valence-corrected chi connectivity index (χ1v) is 5.98. The highest BCUT2D eigenvalue weighted by molar-refractivity contribution is 5.35. The molecule has 0 aromatic heterocycles. The molecule has 19 heavy (non-hydrogen) atoms. The van der Waals surface area contributed by atoms with E-state index in [9.17, 15) is 4.39 Å². The van der Waals surface area contributed by atoms with E-state index in [1.165, 1.54) is 12.1 Å². The predicted molar refractivity (Wildman–Crippen MR) is 70.1 cm³/mol. The Kier molecular flexibility index (Phi) is 4.36. The van der Waals surface area contributed by atoms with Gasteiger partial charge in [-0.3, -0.25) is 0 Å². The largest absolute Gasteiger partial charge is 0.491 e. The summed E-state index contributed by atoms with van der Waals surface area (Å²) in [6.45, 7) is 1.89. The molecule has 0 fully saturated rings. The van der Waals surface area contributed by atoms with Crippen molar-refractivity contribution in [2.75, 3.05) is 6.61 Å². The molecule has 1 N–H and O–H groups in total. The average Bonchev–Trinajstić information content (AvgIpc) is 2.38. The molecule has 2 aromatic rings. The smallest absolute Gasteiger partial charge is 0.130 e. The van der Waals surface area contributed by atoms with Gasteiger partial charge in [-0.1, -0.05) is 6.07 Å². The molecule has 0 spiro atoms. The molecular formula is C15H15FO3. The van der Waals surface area contributed by atoms with E-state index in [1.54, 1.807) is 43.3 Å². The molecule has 4 heteroatoms. The Balaban J connectivity index is 1.98. The summed E-state index contributed by atoms with van der Waals surface area (Å²) in [6.07, 6.45) is -0.511. The Morgan fingerprint density at radius 1 is 1.05 bits per heavy atom. The zero-order chi connectivity index (χ0) is 13.7. The maximum atomic E-state index is 13.0. The number of halogens is 1. The molecule has 0 saturated heterocycles. The first-order chi connectivity index (χ1) is 9.13. The van der Waals surface area contributed by atoms with Crippen LogP contribution < -0.4 is 9.47 Å². The molecule has 100 valence electrons. The van der Waals surface area contributed by atoms with Gasteiger partial charge in [-0.15, -0.1) is 0 Å². The average molecular weight is 262 g/mol. The van der Waals surface area contributed by atoms with Gasteiger partial charge >= 0.3 is 0 Å². The van der Waals surface area contributed by atoms with Crippen molar-refractivity contribution < 1.29 is 19.0 Å². The highest BCUT2D eigenvalue weighted by Gasteiger charge is 2.01. The molecule has 0 saturated carbocycles. The fraction of sp³-hybridized carbons (Fsp3) is 0.200. The Bertz CT molecular complexity index is 523. The van der Waals surface area contributed by atoms with Crippen LogP contribution in [-0.4, -0.2) is 17.8 Å². The highest BCUT2D eigenvalue weighted by Crippen LogP contribution is 2.24. The van der Waals surface area contributed by atoms with E-state index in [-0.39, 0.29) is 12.4 Å². The molecule has 2 aromatic carbocycles. The maximum absolute atomic E-state index is 13.0. The third kappa shape index (κ3) is 4.26. The molecule has 2 rings (SSSR count). The normalized spacial score (nSPS) is 11.9. The fourth-order valence-electron chi connectivity index (χ4n) is 1.49. The van der Waals surface area contributed by atoms with E-state index >= 15 is 0 Å². The topological polar surface area (TPSA) is 38.7 Å². The summed E-state index contributed by atoms with van der Waals surface area (Å²) in [5.41, 5.74) is 0. The summed E-state index contributed by atoms with van der Waals surface area (Å²) in [5, 5.41) is 9.10. The van der Waals surface area contributed by atoms with Crippen LogP contribution in [0, 0.1) is 5.82 Å². The van der Waals surface area contributed by atoms with Crippen LogP contribution in [0.4, 0.5) is 4.39 Å². The fourth-order valence-corrected chi connectivity index (χ4v) is 1.49. The first-order valence-electron chi connectivity index (χ1n) is 5.98. The van der Waals surface area contributed by atoms with Gasteiger partial charge in [0.15, 0.2) is 0 Å². The van der Waals surface area contributed by atoms with Crippen molar-refractivity contribution in [3.05, 3.63) is 54.3 Å². The predicted octanol–water partition coefficient (Wildman–Crippen LogP) is 3.38. The van der Waals surface area contributed by atoms with Crippen LogP contribution in [-0.2, 0) is 0 Å². The number of hydrogen-bond acceptors (Lipinski definition) is 3. The number of rotatable bonds is 5.